The normalized spacial score (nSPS) is 23.0. The lowest BCUT2D eigenvalue weighted by Crippen LogP contribution is -2.42. The second-order valence-corrected chi connectivity index (χ2v) is 8.47. The maximum Gasteiger partial charge on any atom is 0.242 e. The van der Waals surface area contributed by atoms with Crippen molar-refractivity contribution in [2.45, 2.75) is 44.6 Å². The molecule has 3 aliphatic rings. The summed E-state index contributed by atoms with van der Waals surface area (Å²) in [5.74, 6) is 1.53. The molecule has 1 saturated carbocycles. The molecule has 2 saturated heterocycles. The SMILES string of the molecule is CN1CCC2(CC1)CC(=O)N(CC(=O)N(C)Cc1cc(C3CC3)on1)C2. The van der Waals surface area contributed by atoms with Gasteiger partial charge in [-0.05, 0) is 51.2 Å². The van der Waals surface area contributed by atoms with Crippen LogP contribution in [0.2, 0.25) is 0 Å². The summed E-state index contributed by atoms with van der Waals surface area (Å²) in [6.07, 6.45) is 5.00. The topological polar surface area (TPSA) is 69.9 Å². The van der Waals surface area contributed by atoms with Gasteiger partial charge in [0.1, 0.15) is 11.5 Å². The van der Waals surface area contributed by atoms with E-state index >= 15 is 0 Å². The summed E-state index contributed by atoms with van der Waals surface area (Å²) in [6.45, 7) is 3.37. The number of hydrogen-bond acceptors (Lipinski definition) is 5. The van der Waals surface area contributed by atoms with Crippen molar-refractivity contribution in [3.05, 3.63) is 17.5 Å². The Morgan fingerprint density at radius 2 is 2.12 bits per heavy atom. The number of nitrogens with zero attached hydrogens (tertiary/aromatic N) is 4. The minimum atomic E-state index is -0.0423. The first-order chi connectivity index (χ1) is 12.4. The van der Waals surface area contributed by atoms with Crippen molar-refractivity contribution in [1.29, 1.82) is 0 Å². The average molecular weight is 360 g/mol. The fourth-order valence-electron chi connectivity index (χ4n) is 4.13. The van der Waals surface area contributed by atoms with E-state index < -0.39 is 0 Å². The lowest BCUT2D eigenvalue weighted by Gasteiger charge is -2.37. The number of rotatable bonds is 5. The summed E-state index contributed by atoms with van der Waals surface area (Å²) >= 11 is 0. The van der Waals surface area contributed by atoms with Gasteiger partial charge in [0.15, 0.2) is 0 Å². The van der Waals surface area contributed by atoms with Gasteiger partial charge < -0.3 is 19.2 Å². The molecule has 3 heterocycles. The van der Waals surface area contributed by atoms with E-state index in [2.05, 4.69) is 17.1 Å². The molecule has 0 atom stereocenters. The third-order valence-electron chi connectivity index (χ3n) is 6.16. The highest BCUT2D eigenvalue weighted by atomic mass is 16.5. The van der Waals surface area contributed by atoms with E-state index in [0.717, 1.165) is 56.8 Å². The predicted octanol–water partition coefficient (Wildman–Crippen LogP) is 1.45. The number of carbonyl (C=O) groups excluding carboxylic acids is 2. The molecule has 4 rings (SSSR count). The van der Waals surface area contributed by atoms with Crippen LogP contribution in [0.15, 0.2) is 10.6 Å². The van der Waals surface area contributed by atoms with Crippen LogP contribution in [0, 0.1) is 5.41 Å². The highest BCUT2D eigenvalue weighted by Crippen LogP contribution is 2.41. The van der Waals surface area contributed by atoms with E-state index in [1.807, 2.05) is 6.07 Å². The summed E-state index contributed by atoms with van der Waals surface area (Å²) < 4.78 is 5.35. The monoisotopic (exact) mass is 360 g/mol. The van der Waals surface area contributed by atoms with E-state index in [0.29, 0.717) is 18.9 Å². The van der Waals surface area contributed by atoms with E-state index in [-0.39, 0.29) is 23.8 Å². The zero-order valence-electron chi connectivity index (χ0n) is 15.7. The van der Waals surface area contributed by atoms with Gasteiger partial charge in [-0.15, -0.1) is 0 Å². The molecule has 1 aromatic rings. The summed E-state index contributed by atoms with van der Waals surface area (Å²) in [4.78, 5) is 30.7. The molecule has 3 fully saturated rings. The highest BCUT2D eigenvalue weighted by molar-refractivity contribution is 5.86. The summed E-state index contributed by atoms with van der Waals surface area (Å²) in [5, 5.41) is 4.07. The molecule has 0 radical (unpaired) electrons. The first kappa shape index (κ1) is 17.5. The van der Waals surface area contributed by atoms with Crippen LogP contribution in [0.1, 0.15) is 49.5 Å². The van der Waals surface area contributed by atoms with E-state index in [1.54, 1.807) is 16.8 Å². The Labute approximate surface area is 154 Å². The number of aromatic nitrogens is 1. The molecule has 0 bridgehead atoms. The van der Waals surface area contributed by atoms with Gasteiger partial charge in [-0.3, -0.25) is 9.59 Å². The first-order valence-electron chi connectivity index (χ1n) is 9.60. The molecule has 2 aliphatic heterocycles. The van der Waals surface area contributed by atoms with Crippen LogP contribution in [-0.2, 0) is 16.1 Å². The quantitative estimate of drug-likeness (QED) is 0.795. The van der Waals surface area contributed by atoms with Crippen LogP contribution in [0.3, 0.4) is 0 Å². The molecular formula is C19H28N4O3. The largest absolute Gasteiger partial charge is 0.361 e. The van der Waals surface area contributed by atoms with Gasteiger partial charge in [0.05, 0.1) is 13.1 Å². The van der Waals surface area contributed by atoms with Crippen molar-refractivity contribution in [3.63, 3.8) is 0 Å². The van der Waals surface area contributed by atoms with Crippen molar-refractivity contribution in [2.75, 3.05) is 40.3 Å². The molecule has 0 aromatic carbocycles. The third kappa shape index (κ3) is 3.63. The molecule has 7 nitrogen and oxygen atoms in total. The fourth-order valence-corrected chi connectivity index (χ4v) is 4.13. The lowest BCUT2D eigenvalue weighted by atomic mass is 9.78. The van der Waals surface area contributed by atoms with Crippen LogP contribution in [0.4, 0.5) is 0 Å². The van der Waals surface area contributed by atoms with Crippen LogP contribution in [0.25, 0.3) is 0 Å². The summed E-state index contributed by atoms with van der Waals surface area (Å²) in [6, 6.07) is 1.95. The predicted molar refractivity (Wildman–Crippen MR) is 95.3 cm³/mol. The number of likely N-dealkylation sites (N-methyl/N-ethyl adjacent to an activating group) is 1. The number of likely N-dealkylation sites (tertiary alicyclic amines) is 2. The number of carbonyl (C=O) groups is 2. The minimum Gasteiger partial charge on any atom is -0.361 e. The highest BCUT2D eigenvalue weighted by Gasteiger charge is 2.44. The molecule has 1 aromatic heterocycles. The molecule has 142 valence electrons. The molecule has 26 heavy (non-hydrogen) atoms. The second kappa shape index (κ2) is 6.68. The third-order valence-corrected chi connectivity index (χ3v) is 6.16. The Kier molecular flexibility index (Phi) is 4.50. The van der Waals surface area contributed by atoms with Crippen molar-refractivity contribution in [2.24, 2.45) is 5.41 Å². The van der Waals surface area contributed by atoms with Crippen LogP contribution in [-0.4, -0.2) is 71.9 Å². The average Bonchev–Trinajstić information content (AvgIpc) is 3.29. The zero-order valence-corrected chi connectivity index (χ0v) is 15.7. The molecule has 2 amide bonds. The Morgan fingerprint density at radius 1 is 1.38 bits per heavy atom. The Hall–Kier alpha value is -1.89. The number of piperidine rings is 1. The first-order valence-corrected chi connectivity index (χ1v) is 9.60. The van der Waals surface area contributed by atoms with Gasteiger partial charge in [-0.2, -0.15) is 0 Å². The van der Waals surface area contributed by atoms with Gasteiger partial charge in [-0.1, -0.05) is 5.16 Å². The van der Waals surface area contributed by atoms with Crippen molar-refractivity contribution in [3.8, 4) is 0 Å². The maximum absolute atomic E-state index is 12.6. The van der Waals surface area contributed by atoms with Crippen LogP contribution >= 0.6 is 0 Å². The smallest absolute Gasteiger partial charge is 0.242 e. The molecule has 1 spiro atoms. The summed E-state index contributed by atoms with van der Waals surface area (Å²) in [7, 11) is 3.89. The Bertz CT molecular complexity index is 689. The molecule has 7 heteroatoms. The standard InChI is InChI=1S/C19H28N4O3/c1-21-7-5-19(6-8-21)10-17(24)23(13-19)12-18(25)22(2)11-15-9-16(26-20-15)14-3-4-14/h9,14H,3-8,10-13H2,1-2H3. The van der Waals surface area contributed by atoms with Crippen molar-refractivity contribution in [1.82, 2.24) is 19.9 Å². The lowest BCUT2D eigenvalue weighted by molar-refractivity contribution is -0.137. The minimum absolute atomic E-state index is 0.0423. The molecule has 0 unspecified atom stereocenters. The fraction of sp³-hybridized carbons (Fsp3) is 0.737. The van der Waals surface area contributed by atoms with Crippen LogP contribution in [0.5, 0.6) is 0 Å². The van der Waals surface area contributed by atoms with E-state index in [9.17, 15) is 9.59 Å². The van der Waals surface area contributed by atoms with E-state index in [4.69, 9.17) is 4.52 Å². The van der Waals surface area contributed by atoms with Crippen molar-refractivity contribution >= 4 is 11.8 Å². The maximum atomic E-state index is 12.6. The Morgan fingerprint density at radius 3 is 2.81 bits per heavy atom. The van der Waals surface area contributed by atoms with Gasteiger partial charge in [-0.25, -0.2) is 0 Å². The molecular weight excluding hydrogens is 332 g/mol. The summed E-state index contributed by atoms with van der Waals surface area (Å²) in [5.41, 5.74) is 0.857. The van der Waals surface area contributed by atoms with Gasteiger partial charge in [0.2, 0.25) is 11.8 Å². The van der Waals surface area contributed by atoms with Gasteiger partial charge in [0, 0.05) is 32.0 Å². The van der Waals surface area contributed by atoms with Crippen LogP contribution < -0.4 is 0 Å². The second-order valence-electron chi connectivity index (χ2n) is 8.47. The van der Waals surface area contributed by atoms with Gasteiger partial charge >= 0.3 is 0 Å². The van der Waals surface area contributed by atoms with E-state index in [1.165, 1.54) is 0 Å². The Balaban J connectivity index is 1.31. The number of amides is 2. The zero-order chi connectivity index (χ0) is 18.3. The molecule has 0 N–H and O–H groups in total. The van der Waals surface area contributed by atoms with Gasteiger partial charge in [0.25, 0.3) is 0 Å². The molecule has 1 aliphatic carbocycles. The van der Waals surface area contributed by atoms with Crippen molar-refractivity contribution < 1.29 is 14.1 Å². The number of hydrogen-bond donors (Lipinski definition) is 0.